The van der Waals surface area contributed by atoms with Crippen molar-refractivity contribution in [2.75, 3.05) is 0 Å². The molecule has 0 saturated carbocycles. The van der Waals surface area contributed by atoms with Gasteiger partial charge in [-0.05, 0) is 18.4 Å². The molecule has 6 nitrogen and oxygen atoms in total. The van der Waals surface area contributed by atoms with Gasteiger partial charge in [-0.1, -0.05) is 30.3 Å². The number of carbonyl (C=O) groups is 3. The average Bonchev–Trinajstić information content (AvgIpc) is 2.89. The molecule has 6 heteroatoms. The average molecular weight is 275 g/mol. The number of fused-ring (bicyclic) bond motifs is 2. The lowest BCUT2D eigenvalue weighted by Crippen LogP contribution is -2.54. The van der Waals surface area contributed by atoms with Crippen LogP contribution in [0.3, 0.4) is 0 Å². The highest BCUT2D eigenvalue weighted by Gasteiger charge is 2.50. The fourth-order valence-electron chi connectivity index (χ4n) is 2.71. The lowest BCUT2D eigenvalue weighted by Gasteiger charge is -2.34. The molecule has 2 aliphatic rings. The second-order valence-electron chi connectivity index (χ2n) is 4.89. The van der Waals surface area contributed by atoms with Gasteiger partial charge in [0.15, 0.2) is 6.04 Å². The van der Waals surface area contributed by atoms with Crippen LogP contribution in [0, 0.1) is 0 Å². The van der Waals surface area contributed by atoms with Crippen LogP contribution in [0.4, 0.5) is 0 Å². The molecule has 3 atom stereocenters. The number of likely N-dealkylation sites (tertiary alicyclic amines) is 1. The van der Waals surface area contributed by atoms with E-state index in [1.807, 2.05) is 0 Å². The van der Waals surface area contributed by atoms with Gasteiger partial charge in [0.1, 0.15) is 12.2 Å². The molecular weight excluding hydrogens is 262 g/mol. The van der Waals surface area contributed by atoms with Crippen LogP contribution in [-0.4, -0.2) is 40.0 Å². The van der Waals surface area contributed by atoms with Crippen molar-refractivity contribution >= 4 is 17.8 Å². The SMILES string of the molecule is O=C(O)C(c1ccccc1)N1C(=O)C2CCC(O2)C1=O. The number of benzene rings is 1. The second-order valence-corrected chi connectivity index (χ2v) is 4.89. The minimum atomic E-state index is -1.29. The Morgan fingerprint density at radius 2 is 1.70 bits per heavy atom. The van der Waals surface area contributed by atoms with E-state index < -0.39 is 36.0 Å². The molecular formula is C14H13NO5. The first-order valence-electron chi connectivity index (χ1n) is 6.39. The maximum absolute atomic E-state index is 12.2. The molecule has 2 amide bonds. The van der Waals surface area contributed by atoms with E-state index in [0.717, 1.165) is 4.90 Å². The van der Waals surface area contributed by atoms with E-state index in [4.69, 9.17) is 4.74 Å². The summed E-state index contributed by atoms with van der Waals surface area (Å²) in [5.74, 6) is -2.33. The third-order valence-electron chi connectivity index (χ3n) is 3.65. The van der Waals surface area contributed by atoms with Gasteiger partial charge in [-0.15, -0.1) is 0 Å². The van der Waals surface area contributed by atoms with E-state index in [9.17, 15) is 19.5 Å². The number of aliphatic carboxylic acids is 1. The lowest BCUT2D eigenvalue weighted by atomic mass is 10.0. The van der Waals surface area contributed by atoms with E-state index >= 15 is 0 Å². The fraction of sp³-hybridized carbons (Fsp3) is 0.357. The van der Waals surface area contributed by atoms with Crippen LogP contribution < -0.4 is 0 Å². The molecule has 1 aromatic rings. The molecule has 0 aromatic heterocycles. The van der Waals surface area contributed by atoms with Crippen LogP contribution in [0.5, 0.6) is 0 Å². The Labute approximate surface area is 114 Å². The molecule has 2 heterocycles. The van der Waals surface area contributed by atoms with Gasteiger partial charge in [-0.2, -0.15) is 0 Å². The highest BCUT2D eigenvalue weighted by atomic mass is 16.5. The maximum atomic E-state index is 12.2. The van der Waals surface area contributed by atoms with Crippen LogP contribution in [-0.2, 0) is 19.1 Å². The smallest absolute Gasteiger partial charge is 0.331 e. The second kappa shape index (κ2) is 4.72. The van der Waals surface area contributed by atoms with Crippen molar-refractivity contribution in [2.24, 2.45) is 0 Å². The topological polar surface area (TPSA) is 83.9 Å². The van der Waals surface area contributed by atoms with Gasteiger partial charge in [0.2, 0.25) is 0 Å². The van der Waals surface area contributed by atoms with Crippen molar-refractivity contribution in [2.45, 2.75) is 31.1 Å². The summed E-state index contributed by atoms with van der Waals surface area (Å²) >= 11 is 0. The van der Waals surface area contributed by atoms with Crippen molar-refractivity contribution in [3.8, 4) is 0 Å². The Balaban J connectivity index is 2.01. The Morgan fingerprint density at radius 3 is 2.20 bits per heavy atom. The summed E-state index contributed by atoms with van der Waals surface area (Å²) in [6.45, 7) is 0. The van der Waals surface area contributed by atoms with Crippen LogP contribution in [0.1, 0.15) is 24.4 Å². The van der Waals surface area contributed by atoms with Gasteiger partial charge < -0.3 is 9.84 Å². The Morgan fingerprint density at radius 1 is 1.15 bits per heavy atom. The molecule has 104 valence electrons. The standard InChI is InChI=1S/C14H13NO5/c16-12-9-6-7-10(20-9)13(17)15(12)11(14(18)19)8-4-2-1-3-5-8/h1-5,9-11H,6-7H2,(H,18,19). The highest BCUT2D eigenvalue weighted by molar-refractivity contribution is 6.05. The van der Waals surface area contributed by atoms with Gasteiger partial charge >= 0.3 is 5.97 Å². The lowest BCUT2D eigenvalue weighted by molar-refractivity contribution is -0.176. The third-order valence-corrected chi connectivity index (χ3v) is 3.65. The Bertz CT molecular complexity index is 548. The van der Waals surface area contributed by atoms with Crippen molar-refractivity contribution in [3.63, 3.8) is 0 Å². The summed E-state index contributed by atoms with van der Waals surface area (Å²) in [6.07, 6.45) is -0.453. The first-order valence-corrected chi connectivity index (χ1v) is 6.39. The van der Waals surface area contributed by atoms with Crippen molar-refractivity contribution in [1.29, 1.82) is 0 Å². The molecule has 3 unspecified atom stereocenters. The molecule has 2 aliphatic heterocycles. The number of carboxylic acids is 1. The number of ether oxygens (including phenoxy) is 1. The van der Waals surface area contributed by atoms with E-state index in [1.54, 1.807) is 30.3 Å². The summed E-state index contributed by atoms with van der Waals surface area (Å²) in [6, 6.07) is 7.00. The fourth-order valence-corrected chi connectivity index (χ4v) is 2.71. The van der Waals surface area contributed by atoms with E-state index in [1.165, 1.54) is 0 Å². The molecule has 0 aliphatic carbocycles. The number of amides is 2. The number of carboxylic acid groups (broad SMARTS) is 1. The molecule has 0 radical (unpaired) electrons. The van der Waals surface area contributed by atoms with Gasteiger partial charge in [-0.25, -0.2) is 4.79 Å². The molecule has 0 spiro atoms. The van der Waals surface area contributed by atoms with E-state index in [0.29, 0.717) is 18.4 Å². The number of imide groups is 1. The molecule has 3 rings (SSSR count). The van der Waals surface area contributed by atoms with Crippen molar-refractivity contribution < 1.29 is 24.2 Å². The number of nitrogens with zero attached hydrogens (tertiary/aromatic N) is 1. The summed E-state index contributed by atoms with van der Waals surface area (Å²) in [5, 5.41) is 9.42. The monoisotopic (exact) mass is 275 g/mol. The van der Waals surface area contributed by atoms with Gasteiger partial charge in [-0.3, -0.25) is 14.5 Å². The third kappa shape index (κ3) is 1.89. The predicted molar refractivity (Wildman–Crippen MR) is 66.6 cm³/mol. The van der Waals surface area contributed by atoms with Gasteiger partial charge in [0, 0.05) is 0 Å². The highest BCUT2D eigenvalue weighted by Crippen LogP contribution is 2.33. The number of rotatable bonds is 3. The molecule has 2 bridgehead atoms. The van der Waals surface area contributed by atoms with Crippen LogP contribution in [0.2, 0.25) is 0 Å². The zero-order valence-corrected chi connectivity index (χ0v) is 10.6. The van der Waals surface area contributed by atoms with Crippen LogP contribution in [0.15, 0.2) is 30.3 Å². The maximum Gasteiger partial charge on any atom is 0.331 e. The minimum absolute atomic E-state index is 0.406. The zero-order chi connectivity index (χ0) is 14.3. The van der Waals surface area contributed by atoms with E-state index in [2.05, 4.69) is 0 Å². The number of morpholine rings is 1. The quantitative estimate of drug-likeness (QED) is 0.822. The molecule has 2 saturated heterocycles. The largest absolute Gasteiger partial charge is 0.479 e. The number of hydrogen-bond acceptors (Lipinski definition) is 4. The van der Waals surface area contributed by atoms with Crippen molar-refractivity contribution in [1.82, 2.24) is 4.90 Å². The van der Waals surface area contributed by atoms with E-state index in [-0.39, 0.29) is 0 Å². The van der Waals surface area contributed by atoms with Crippen LogP contribution in [0.25, 0.3) is 0 Å². The molecule has 20 heavy (non-hydrogen) atoms. The van der Waals surface area contributed by atoms with Crippen molar-refractivity contribution in [3.05, 3.63) is 35.9 Å². The molecule has 1 aromatic carbocycles. The number of carbonyl (C=O) groups excluding carboxylic acids is 2. The Hall–Kier alpha value is -2.21. The van der Waals surface area contributed by atoms with Crippen LogP contribution >= 0.6 is 0 Å². The van der Waals surface area contributed by atoms with Gasteiger partial charge in [0.25, 0.3) is 11.8 Å². The molecule has 1 N–H and O–H groups in total. The number of hydrogen-bond donors (Lipinski definition) is 1. The summed E-state index contributed by atoms with van der Waals surface area (Å²) in [5.41, 5.74) is 0.406. The summed E-state index contributed by atoms with van der Waals surface area (Å²) < 4.78 is 5.28. The zero-order valence-electron chi connectivity index (χ0n) is 10.6. The van der Waals surface area contributed by atoms with Gasteiger partial charge in [0.05, 0.1) is 0 Å². The predicted octanol–water partition coefficient (Wildman–Crippen LogP) is 0.729. The first-order chi connectivity index (χ1) is 9.59. The first kappa shape index (κ1) is 12.8. The Kier molecular flexibility index (Phi) is 3.02. The molecule has 2 fully saturated rings. The minimum Gasteiger partial charge on any atom is -0.479 e. The normalized spacial score (nSPS) is 26.7. The summed E-state index contributed by atoms with van der Waals surface area (Å²) in [7, 11) is 0. The summed E-state index contributed by atoms with van der Waals surface area (Å²) in [4.78, 5) is 36.8.